The van der Waals surface area contributed by atoms with Gasteiger partial charge in [-0.25, -0.2) is 0 Å². The molecule has 1 saturated carbocycles. The van der Waals surface area contributed by atoms with Gasteiger partial charge in [0.05, 0.1) is 5.41 Å². The molecule has 3 fully saturated rings. The van der Waals surface area contributed by atoms with Crippen LogP contribution in [0.25, 0.3) is 0 Å². The second-order valence-electron chi connectivity index (χ2n) is 7.07. The zero-order chi connectivity index (χ0) is 14.0. The molecule has 0 bridgehead atoms. The SMILES string of the molecule is O=C(O)C1(CN2CCN3CCCC3C2)CCCCCC1. The monoisotopic (exact) mass is 280 g/mol. The molecule has 0 aromatic rings. The summed E-state index contributed by atoms with van der Waals surface area (Å²) in [7, 11) is 0. The number of fused-ring (bicyclic) bond motifs is 1. The van der Waals surface area contributed by atoms with Crippen molar-refractivity contribution in [3.8, 4) is 0 Å². The number of piperazine rings is 1. The summed E-state index contributed by atoms with van der Waals surface area (Å²) >= 11 is 0. The molecule has 1 aliphatic carbocycles. The maximum Gasteiger partial charge on any atom is 0.310 e. The lowest BCUT2D eigenvalue weighted by Gasteiger charge is -2.41. The Kier molecular flexibility index (Phi) is 4.32. The van der Waals surface area contributed by atoms with E-state index in [1.807, 2.05) is 0 Å². The van der Waals surface area contributed by atoms with Crippen LogP contribution in [-0.2, 0) is 4.79 Å². The third-order valence-corrected chi connectivity index (χ3v) is 5.71. The van der Waals surface area contributed by atoms with Crippen molar-refractivity contribution in [2.45, 2.75) is 57.4 Å². The maximum absolute atomic E-state index is 11.9. The van der Waals surface area contributed by atoms with Gasteiger partial charge in [-0.3, -0.25) is 14.6 Å². The topological polar surface area (TPSA) is 43.8 Å². The highest BCUT2D eigenvalue weighted by Gasteiger charge is 2.42. The van der Waals surface area contributed by atoms with Gasteiger partial charge in [0.1, 0.15) is 0 Å². The van der Waals surface area contributed by atoms with Crippen LogP contribution in [0, 0.1) is 5.41 Å². The molecule has 0 amide bonds. The van der Waals surface area contributed by atoms with Crippen molar-refractivity contribution >= 4 is 5.97 Å². The van der Waals surface area contributed by atoms with Gasteiger partial charge < -0.3 is 5.11 Å². The minimum absolute atomic E-state index is 0.461. The van der Waals surface area contributed by atoms with E-state index in [0.717, 1.165) is 51.9 Å². The van der Waals surface area contributed by atoms with Gasteiger partial charge in [-0.1, -0.05) is 25.7 Å². The van der Waals surface area contributed by atoms with E-state index in [1.165, 1.54) is 32.2 Å². The Balaban J connectivity index is 1.65. The van der Waals surface area contributed by atoms with E-state index in [0.29, 0.717) is 6.04 Å². The summed E-state index contributed by atoms with van der Waals surface area (Å²) in [6.07, 6.45) is 9.00. The Morgan fingerprint density at radius 2 is 1.80 bits per heavy atom. The van der Waals surface area contributed by atoms with E-state index in [4.69, 9.17) is 0 Å². The maximum atomic E-state index is 11.9. The lowest BCUT2D eigenvalue weighted by Crippen LogP contribution is -2.54. The Bertz CT molecular complexity index is 350. The first-order chi connectivity index (χ1) is 9.70. The van der Waals surface area contributed by atoms with Crippen molar-refractivity contribution in [1.29, 1.82) is 0 Å². The van der Waals surface area contributed by atoms with Crippen molar-refractivity contribution in [3.63, 3.8) is 0 Å². The largest absolute Gasteiger partial charge is 0.481 e. The second kappa shape index (κ2) is 6.02. The number of carboxylic acids is 1. The molecule has 3 aliphatic rings. The van der Waals surface area contributed by atoms with E-state index in [1.54, 1.807) is 0 Å². The Hall–Kier alpha value is -0.610. The van der Waals surface area contributed by atoms with E-state index in [2.05, 4.69) is 9.80 Å². The molecule has 1 atom stereocenters. The molecule has 2 aliphatic heterocycles. The molecular formula is C16H28N2O2. The normalized spacial score (nSPS) is 31.7. The molecule has 20 heavy (non-hydrogen) atoms. The fourth-order valence-electron chi connectivity index (χ4n) is 4.47. The van der Waals surface area contributed by atoms with Gasteiger partial charge in [-0.2, -0.15) is 0 Å². The quantitative estimate of drug-likeness (QED) is 0.805. The predicted octanol–water partition coefficient (Wildman–Crippen LogP) is 2.19. The minimum Gasteiger partial charge on any atom is -0.481 e. The molecule has 0 radical (unpaired) electrons. The van der Waals surface area contributed by atoms with Crippen LogP contribution in [0.3, 0.4) is 0 Å². The summed E-state index contributed by atoms with van der Waals surface area (Å²) in [5, 5.41) is 9.79. The first-order valence-electron chi connectivity index (χ1n) is 8.39. The first kappa shape index (κ1) is 14.3. The highest BCUT2D eigenvalue weighted by Crippen LogP contribution is 2.37. The van der Waals surface area contributed by atoms with Crippen molar-refractivity contribution in [1.82, 2.24) is 9.80 Å². The lowest BCUT2D eigenvalue weighted by atomic mass is 9.79. The van der Waals surface area contributed by atoms with Crippen LogP contribution in [0.2, 0.25) is 0 Å². The van der Waals surface area contributed by atoms with Crippen LogP contribution in [0.4, 0.5) is 0 Å². The van der Waals surface area contributed by atoms with E-state index in [9.17, 15) is 9.90 Å². The molecule has 4 heteroatoms. The number of hydrogen-bond acceptors (Lipinski definition) is 3. The van der Waals surface area contributed by atoms with Gasteiger partial charge in [0.25, 0.3) is 0 Å². The van der Waals surface area contributed by atoms with Crippen LogP contribution < -0.4 is 0 Å². The Labute approximate surface area is 122 Å². The van der Waals surface area contributed by atoms with E-state index >= 15 is 0 Å². The number of nitrogens with zero attached hydrogens (tertiary/aromatic N) is 2. The fraction of sp³-hybridized carbons (Fsp3) is 0.938. The molecule has 1 N–H and O–H groups in total. The zero-order valence-corrected chi connectivity index (χ0v) is 12.5. The third-order valence-electron chi connectivity index (χ3n) is 5.71. The van der Waals surface area contributed by atoms with Gasteiger partial charge in [-0.05, 0) is 32.2 Å². The first-order valence-corrected chi connectivity index (χ1v) is 8.39. The number of hydrogen-bond donors (Lipinski definition) is 1. The van der Waals surface area contributed by atoms with E-state index < -0.39 is 11.4 Å². The average Bonchev–Trinajstić information content (AvgIpc) is 2.76. The van der Waals surface area contributed by atoms with Gasteiger partial charge in [-0.15, -0.1) is 0 Å². The summed E-state index contributed by atoms with van der Waals surface area (Å²) in [5.41, 5.74) is -0.461. The van der Waals surface area contributed by atoms with E-state index in [-0.39, 0.29) is 0 Å². The zero-order valence-electron chi connectivity index (χ0n) is 12.5. The van der Waals surface area contributed by atoms with Gasteiger partial charge in [0.15, 0.2) is 0 Å². The number of rotatable bonds is 3. The van der Waals surface area contributed by atoms with Gasteiger partial charge in [0, 0.05) is 32.2 Å². The van der Waals surface area contributed by atoms with Crippen LogP contribution in [0.15, 0.2) is 0 Å². The van der Waals surface area contributed by atoms with Crippen LogP contribution in [-0.4, -0.2) is 59.6 Å². The summed E-state index contributed by atoms with van der Waals surface area (Å²) in [6.45, 7) is 5.33. The fourth-order valence-corrected chi connectivity index (χ4v) is 4.47. The molecule has 2 heterocycles. The summed E-state index contributed by atoms with van der Waals surface area (Å²) in [4.78, 5) is 16.9. The molecule has 1 unspecified atom stereocenters. The summed E-state index contributed by atoms with van der Waals surface area (Å²) in [6, 6.07) is 0.695. The number of aliphatic carboxylic acids is 1. The van der Waals surface area contributed by atoms with Crippen molar-refractivity contribution in [2.75, 3.05) is 32.7 Å². The van der Waals surface area contributed by atoms with Gasteiger partial charge >= 0.3 is 5.97 Å². The highest BCUT2D eigenvalue weighted by molar-refractivity contribution is 5.75. The van der Waals surface area contributed by atoms with Crippen molar-refractivity contribution < 1.29 is 9.90 Å². The van der Waals surface area contributed by atoms with Crippen LogP contribution in [0.1, 0.15) is 51.4 Å². The number of carbonyl (C=O) groups is 1. The Morgan fingerprint density at radius 1 is 1.05 bits per heavy atom. The summed E-state index contributed by atoms with van der Waals surface area (Å²) in [5.74, 6) is -0.548. The smallest absolute Gasteiger partial charge is 0.310 e. The Morgan fingerprint density at radius 3 is 2.50 bits per heavy atom. The second-order valence-corrected chi connectivity index (χ2v) is 7.07. The minimum atomic E-state index is -0.548. The molecule has 114 valence electrons. The lowest BCUT2D eigenvalue weighted by molar-refractivity contribution is -0.151. The van der Waals surface area contributed by atoms with Gasteiger partial charge in [0.2, 0.25) is 0 Å². The molecule has 0 aromatic heterocycles. The molecule has 3 rings (SSSR count). The molecule has 0 aromatic carbocycles. The van der Waals surface area contributed by atoms with Crippen LogP contribution >= 0.6 is 0 Å². The standard InChI is InChI=1S/C16H28N2O2/c19-15(20)16(7-3-1-2-4-8-16)13-17-10-11-18-9-5-6-14(18)12-17/h14H,1-13H2,(H,19,20). The molecule has 0 spiro atoms. The van der Waals surface area contributed by atoms with Crippen molar-refractivity contribution in [3.05, 3.63) is 0 Å². The van der Waals surface area contributed by atoms with Crippen LogP contribution in [0.5, 0.6) is 0 Å². The molecule has 4 nitrogen and oxygen atoms in total. The third kappa shape index (κ3) is 2.86. The molecule has 2 saturated heterocycles. The molecular weight excluding hydrogens is 252 g/mol. The predicted molar refractivity (Wildman–Crippen MR) is 78.8 cm³/mol. The van der Waals surface area contributed by atoms with Crippen molar-refractivity contribution in [2.24, 2.45) is 5.41 Å². The highest BCUT2D eigenvalue weighted by atomic mass is 16.4. The summed E-state index contributed by atoms with van der Waals surface area (Å²) < 4.78 is 0. The average molecular weight is 280 g/mol. The number of carboxylic acid groups (broad SMARTS) is 1.